The van der Waals surface area contributed by atoms with Crippen LogP contribution in [0.2, 0.25) is 0 Å². The van der Waals surface area contributed by atoms with E-state index in [1.807, 2.05) is 36.4 Å². The molecule has 1 N–H and O–H groups in total. The van der Waals surface area contributed by atoms with Crippen LogP contribution in [0.25, 0.3) is 0 Å². The monoisotopic (exact) mass is 328 g/mol. The van der Waals surface area contributed by atoms with E-state index < -0.39 is 16.1 Å². The fourth-order valence-electron chi connectivity index (χ4n) is 2.36. The van der Waals surface area contributed by atoms with E-state index in [1.54, 1.807) is 25.5 Å². The number of hydrogen-bond donors (Lipinski definition) is 1. The van der Waals surface area contributed by atoms with Crippen LogP contribution in [0.5, 0.6) is 0 Å². The van der Waals surface area contributed by atoms with Gasteiger partial charge in [-0.25, -0.2) is 8.42 Å². The van der Waals surface area contributed by atoms with Gasteiger partial charge in [-0.2, -0.15) is 9.82 Å². The molecular formula is C16H16N4O2S. The van der Waals surface area contributed by atoms with E-state index in [0.717, 1.165) is 11.1 Å². The highest BCUT2D eigenvalue weighted by atomic mass is 32.2. The molecule has 1 atom stereocenters. The van der Waals surface area contributed by atoms with Crippen molar-refractivity contribution in [3.8, 4) is 0 Å². The Balaban J connectivity index is 2.02. The summed E-state index contributed by atoms with van der Waals surface area (Å²) in [6.07, 6.45) is 4.76. The van der Waals surface area contributed by atoms with E-state index in [4.69, 9.17) is 0 Å². The summed E-state index contributed by atoms with van der Waals surface area (Å²) in [6, 6.07) is 14.0. The Morgan fingerprint density at radius 2 is 1.74 bits per heavy atom. The highest BCUT2D eigenvalue weighted by Gasteiger charge is 2.25. The molecule has 6 nitrogen and oxygen atoms in total. The molecule has 0 radical (unpaired) electrons. The first-order chi connectivity index (χ1) is 11.1. The van der Waals surface area contributed by atoms with E-state index in [2.05, 4.69) is 14.8 Å². The van der Waals surface area contributed by atoms with Crippen LogP contribution in [0.15, 0.2) is 72.1 Å². The first-order valence-corrected chi connectivity index (χ1v) is 8.51. The summed E-state index contributed by atoms with van der Waals surface area (Å²) in [5.41, 5.74) is 1.61. The van der Waals surface area contributed by atoms with Gasteiger partial charge in [-0.05, 0) is 23.3 Å². The Kier molecular flexibility index (Phi) is 4.22. The number of benzene rings is 1. The molecule has 2 heterocycles. The lowest BCUT2D eigenvalue weighted by molar-refractivity contribution is 0.554. The Hall–Kier alpha value is -2.51. The van der Waals surface area contributed by atoms with Crippen molar-refractivity contribution < 1.29 is 8.42 Å². The van der Waals surface area contributed by atoms with Gasteiger partial charge in [-0.1, -0.05) is 36.4 Å². The summed E-state index contributed by atoms with van der Waals surface area (Å²) >= 11 is 0. The quantitative estimate of drug-likeness (QED) is 0.776. The van der Waals surface area contributed by atoms with Gasteiger partial charge in [-0.3, -0.25) is 9.67 Å². The molecule has 0 aliphatic heterocycles. The van der Waals surface area contributed by atoms with Crippen molar-refractivity contribution in [1.82, 2.24) is 19.5 Å². The smallest absolute Gasteiger partial charge is 0.258 e. The van der Waals surface area contributed by atoms with E-state index in [1.165, 1.54) is 16.9 Å². The fraction of sp³-hybridized carbons (Fsp3) is 0.125. The number of sulfonamides is 1. The molecule has 3 aromatic rings. The van der Waals surface area contributed by atoms with Crippen LogP contribution in [0.3, 0.4) is 0 Å². The summed E-state index contributed by atoms with van der Waals surface area (Å²) in [7, 11) is -2.13. The van der Waals surface area contributed by atoms with Crippen LogP contribution in [0, 0.1) is 0 Å². The third kappa shape index (κ3) is 3.30. The van der Waals surface area contributed by atoms with Crippen LogP contribution in [-0.2, 0) is 17.1 Å². The predicted octanol–water partition coefficient (Wildman–Crippen LogP) is 1.88. The number of aryl methyl sites for hydroxylation is 1. The maximum Gasteiger partial charge on any atom is 0.258 e. The fourth-order valence-corrected chi connectivity index (χ4v) is 3.70. The number of nitrogens with one attached hydrogen (secondary N) is 1. The van der Waals surface area contributed by atoms with Crippen molar-refractivity contribution in [3.63, 3.8) is 0 Å². The number of aromatic nitrogens is 3. The Bertz CT molecular complexity index is 837. The second-order valence-corrected chi connectivity index (χ2v) is 6.71. The lowest BCUT2D eigenvalue weighted by Crippen LogP contribution is -2.30. The molecular weight excluding hydrogens is 312 g/mol. The summed E-state index contributed by atoms with van der Waals surface area (Å²) in [6.45, 7) is 0. The Labute approximate surface area is 134 Å². The molecule has 0 bridgehead atoms. The number of rotatable bonds is 5. The second kappa shape index (κ2) is 6.31. The zero-order valence-corrected chi connectivity index (χ0v) is 13.3. The molecule has 118 valence electrons. The van der Waals surface area contributed by atoms with Crippen molar-refractivity contribution in [3.05, 3.63) is 78.2 Å². The maximum absolute atomic E-state index is 12.7. The van der Waals surface area contributed by atoms with E-state index in [9.17, 15) is 8.42 Å². The lowest BCUT2D eigenvalue weighted by Gasteiger charge is -2.19. The zero-order valence-electron chi connectivity index (χ0n) is 12.5. The molecule has 0 saturated carbocycles. The average molecular weight is 328 g/mol. The molecule has 1 aromatic carbocycles. The first kappa shape index (κ1) is 15.4. The molecule has 0 saturated heterocycles. The molecule has 0 fully saturated rings. The minimum atomic E-state index is -3.72. The minimum absolute atomic E-state index is 0.113. The topological polar surface area (TPSA) is 76.9 Å². The molecule has 0 amide bonds. The summed E-state index contributed by atoms with van der Waals surface area (Å²) in [5, 5.41) is 4.03. The van der Waals surface area contributed by atoms with Gasteiger partial charge in [0.05, 0.1) is 12.2 Å². The highest BCUT2D eigenvalue weighted by molar-refractivity contribution is 7.89. The van der Waals surface area contributed by atoms with Crippen LogP contribution in [-0.4, -0.2) is 23.2 Å². The molecule has 0 aliphatic rings. The lowest BCUT2D eigenvalue weighted by atomic mass is 10.0. The predicted molar refractivity (Wildman–Crippen MR) is 86.1 cm³/mol. The molecule has 3 rings (SSSR count). The van der Waals surface area contributed by atoms with E-state index in [-0.39, 0.29) is 5.03 Å². The Morgan fingerprint density at radius 1 is 1.00 bits per heavy atom. The maximum atomic E-state index is 12.7. The normalized spacial score (nSPS) is 12.9. The van der Waals surface area contributed by atoms with Crippen molar-refractivity contribution in [1.29, 1.82) is 0 Å². The van der Waals surface area contributed by atoms with Gasteiger partial charge in [0.2, 0.25) is 0 Å². The summed E-state index contributed by atoms with van der Waals surface area (Å²) < 4.78 is 29.4. The van der Waals surface area contributed by atoms with E-state index >= 15 is 0 Å². The summed E-state index contributed by atoms with van der Waals surface area (Å²) in [4.78, 5) is 4.09. The third-order valence-electron chi connectivity index (χ3n) is 3.47. The van der Waals surface area contributed by atoms with Gasteiger partial charge in [-0.15, -0.1) is 0 Å². The molecule has 0 aliphatic carbocycles. The molecule has 2 aromatic heterocycles. The van der Waals surface area contributed by atoms with Crippen molar-refractivity contribution in [2.24, 2.45) is 7.05 Å². The standard InChI is InChI=1S/C16H16N4O2S/c1-20-15(9-11-18-20)23(21,22)19-16(13-6-3-2-4-7-13)14-8-5-10-17-12-14/h2-12,16,19H,1H3. The van der Waals surface area contributed by atoms with Gasteiger partial charge in [0.1, 0.15) is 0 Å². The van der Waals surface area contributed by atoms with Crippen LogP contribution < -0.4 is 4.72 Å². The summed E-state index contributed by atoms with van der Waals surface area (Å²) in [5.74, 6) is 0. The molecule has 23 heavy (non-hydrogen) atoms. The minimum Gasteiger partial charge on any atom is -0.264 e. The highest BCUT2D eigenvalue weighted by Crippen LogP contribution is 2.23. The van der Waals surface area contributed by atoms with Crippen LogP contribution in [0.1, 0.15) is 17.2 Å². The van der Waals surface area contributed by atoms with Gasteiger partial charge in [0, 0.05) is 19.4 Å². The third-order valence-corrected chi connectivity index (χ3v) is 4.97. The molecule has 1 unspecified atom stereocenters. The number of pyridine rings is 1. The van der Waals surface area contributed by atoms with Crippen molar-refractivity contribution >= 4 is 10.0 Å². The average Bonchev–Trinajstić information content (AvgIpc) is 3.01. The van der Waals surface area contributed by atoms with Crippen LogP contribution >= 0.6 is 0 Å². The van der Waals surface area contributed by atoms with Gasteiger partial charge >= 0.3 is 0 Å². The van der Waals surface area contributed by atoms with Crippen molar-refractivity contribution in [2.45, 2.75) is 11.1 Å². The SMILES string of the molecule is Cn1nccc1S(=O)(=O)NC(c1ccccc1)c1cccnc1. The first-order valence-electron chi connectivity index (χ1n) is 7.03. The molecule has 0 spiro atoms. The van der Waals surface area contributed by atoms with E-state index in [0.29, 0.717) is 0 Å². The van der Waals surface area contributed by atoms with Gasteiger partial charge in [0.25, 0.3) is 10.0 Å². The second-order valence-electron chi connectivity index (χ2n) is 5.04. The van der Waals surface area contributed by atoms with Gasteiger partial charge in [0.15, 0.2) is 5.03 Å². The Morgan fingerprint density at radius 3 is 2.35 bits per heavy atom. The number of hydrogen-bond acceptors (Lipinski definition) is 4. The van der Waals surface area contributed by atoms with Gasteiger partial charge < -0.3 is 0 Å². The number of nitrogens with zero attached hydrogens (tertiary/aromatic N) is 3. The van der Waals surface area contributed by atoms with Crippen LogP contribution in [0.4, 0.5) is 0 Å². The largest absolute Gasteiger partial charge is 0.264 e. The van der Waals surface area contributed by atoms with Crippen molar-refractivity contribution in [2.75, 3.05) is 0 Å². The molecule has 7 heteroatoms. The zero-order chi connectivity index (χ0) is 16.3.